The molecule has 2 N–H and O–H groups in total. The van der Waals surface area contributed by atoms with Crippen molar-refractivity contribution >= 4 is 17.8 Å². The van der Waals surface area contributed by atoms with E-state index in [9.17, 15) is 9.59 Å². The average molecular weight is 413 g/mol. The van der Waals surface area contributed by atoms with Crippen molar-refractivity contribution in [2.45, 2.75) is 6.54 Å². The molecule has 30 heavy (non-hydrogen) atoms. The Labute approximate surface area is 175 Å². The molecule has 1 fully saturated rings. The highest BCUT2D eigenvalue weighted by molar-refractivity contribution is 5.92. The number of amides is 2. The van der Waals surface area contributed by atoms with Crippen LogP contribution in [-0.4, -0.2) is 74.5 Å². The number of ether oxygens (including phenoxy) is 1. The molecule has 0 spiro atoms. The van der Waals surface area contributed by atoms with Gasteiger partial charge in [0.25, 0.3) is 5.91 Å². The van der Waals surface area contributed by atoms with Crippen molar-refractivity contribution in [3.05, 3.63) is 54.0 Å². The number of guanidine groups is 1. The van der Waals surface area contributed by atoms with Crippen LogP contribution in [0.15, 0.2) is 52.1 Å². The normalized spacial score (nSPS) is 14.4. The van der Waals surface area contributed by atoms with Crippen molar-refractivity contribution in [3.8, 4) is 5.75 Å². The van der Waals surface area contributed by atoms with E-state index in [2.05, 4.69) is 15.6 Å². The van der Waals surface area contributed by atoms with Crippen LogP contribution in [0.2, 0.25) is 0 Å². The average Bonchev–Trinajstić information content (AvgIpc) is 3.33. The first kappa shape index (κ1) is 21.2. The fraction of sp³-hybridized carbons (Fsp3) is 0.381. The first-order chi connectivity index (χ1) is 14.6. The number of carbonyl (C=O) groups is 2. The van der Waals surface area contributed by atoms with Gasteiger partial charge in [-0.3, -0.25) is 14.6 Å². The van der Waals surface area contributed by atoms with Gasteiger partial charge in [0.1, 0.15) is 5.75 Å². The van der Waals surface area contributed by atoms with E-state index >= 15 is 0 Å². The van der Waals surface area contributed by atoms with Crippen LogP contribution in [0.5, 0.6) is 5.75 Å². The summed E-state index contributed by atoms with van der Waals surface area (Å²) in [5, 5.41) is 5.96. The fourth-order valence-corrected chi connectivity index (χ4v) is 3.18. The summed E-state index contributed by atoms with van der Waals surface area (Å²) < 4.78 is 10.3. The number of nitrogens with one attached hydrogen (secondary N) is 2. The molecule has 0 unspecified atom stereocenters. The number of nitrogens with zero attached hydrogens (tertiary/aromatic N) is 3. The molecule has 1 aromatic heterocycles. The maximum Gasteiger partial charge on any atom is 0.289 e. The zero-order chi connectivity index (χ0) is 21.3. The van der Waals surface area contributed by atoms with Gasteiger partial charge in [-0.25, -0.2) is 0 Å². The van der Waals surface area contributed by atoms with Crippen LogP contribution < -0.4 is 15.4 Å². The van der Waals surface area contributed by atoms with Gasteiger partial charge in [-0.1, -0.05) is 12.1 Å². The number of piperazine rings is 1. The standard InChI is InChI=1S/C21H27N5O4/c1-22-21(24-15-19(27)23-14-16-5-7-17(29-2)8-6-16)26-11-9-25(10-12-26)20(28)18-4-3-13-30-18/h3-8,13H,9-12,14-15H2,1-2H3,(H,22,24)(H,23,27). The van der Waals surface area contributed by atoms with Gasteiger partial charge in [-0.05, 0) is 29.8 Å². The van der Waals surface area contributed by atoms with Crippen LogP contribution in [0.1, 0.15) is 16.1 Å². The van der Waals surface area contributed by atoms with Crippen LogP contribution in [0, 0.1) is 0 Å². The van der Waals surface area contributed by atoms with E-state index in [1.807, 2.05) is 29.2 Å². The number of carbonyl (C=O) groups excluding carboxylic acids is 2. The molecule has 160 valence electrons. The molecule has 0 atom stereocenters. The molecule has 1 aliphatic rings. The zero-order valence-electron chi connectivity index (χ0n) is 17.3. The van der Waals surface area contributed by atoms with Gasteiger partial charge in [-0.2, -0.15) is 0 Å². The number of methoxy groups -OCH3 is 1. The summed E-state index contributed by atoms with van der Waals surface area (Å²) in [4.78, 5) is 32.6. The zero-order valence-corrected chi connectivity index (χ0v) is 17.3. The predicted octanol–water partition coefficient (Wildman–Crippen LogP) is 0.938. The molecule has 9 nitrogen and oxygen atoms in total. The maximum atomic E-state index is 12.4. The number of aliphatic imine (C=N–C) groups is 1. The second-order valence-electron chi connectivity index (χ2n) is 6.78. The van der Waals surface area contributed by atoms with Crippen molar-refractivity contribution in [1.29, 1.82) is 0 Å². The summed E-state index contributed by atoms with van der Waals surface area (Å²) in [7, 11) is 3.30. The van der Waals surface area contributed by atoms with Gasteiger partial charge < -0.3 is 29.6 Å². The van der Waals surface area contributed by atoms with E-state index in [0.29, 0.717) is 44.4 Å². The smallest absolute Gasteiger partial charge is 0.289 e. The third kappa shape index (κ3) is 5.53. The summed E-state index contributed by atoms with van der Waals surface area (Å²) in [5.74, 6) is 1.53. The van der Waals surface area contributed by atoms with Crippen molar-refractivity contribution in [3.63, 3.8) is 0 Å². The molecule has 9 heteroatoms. The van der Waals surface area contributed by atoms with E-state index in [4.69, 9.17) is 9.15 Å². The Morgan fingerprint density at radius 1 is 1.07 bits per heavy atom. The number of hydrogen-bond acceptors (Lipinski definition) is 5. The molecule has 1 aliphatic heterocycles. The van der Waals surface area contributed by atoms with E-state index < -0.39 is 0 Å². The highest BCUT2D eigenvalue weighted by Crippen LogP contribution is 2.11. The lowest BCUT2D eigenvalue weighted by atomic mass is 10.2. The van der Waals surface area contributed by atoms with Crippen molar-refractivity contribution in [1.82, 2.24) is 20.4 Å². The first-order valence-corrected chi connectivity index (χ1v) is 9.78. The van der Waals surface area contributed by atoms with Gasteiger partial charge in [0.05, 0.1) is 19.9 Å². The molecule has 1 aromatic carbocycles. The second kappa shape index (κ2) is 10.3. The summed E-state index contributed by atoms with van der Waals surface area (Å²) >= 11 is 0. The molecule has 3 rings (SSSR count). The predicted molar refractivity (Wildman–Crippen MR) is 112 cm³/mol. The van der Waals surface area contributed by atoms with Crippen LogP contribution in [0.25, 0.3) is 0 Å². The van der Waals surface area contributed by atoms with Crippen LogP contribution in [0.4, 0.5) is 0 Å². The maximum absolute atomic E-state index is 12.4. The summed E-state index contributed by atoms with van der Waals surface area (Å²) in [6.45, 7) is 2.93. The molecule has 0 bridgehead atoms. The van der Waals surface area contributed by atoms with E-state index in [-0.39, 0.29) is 18.4 Å². The van der Waals surface area contributed by atoms with Gasteiger partial charge in [0.2, 0.25) is 5.91 Å². The Hall–Kier alpha value is -3.49. The Bertz CT molecular complexity index is 856. The van der Waals surface area contributed by atoms with Gasteiger partial charge >= 0.3 is 0 Å². The molecule has 0 aliphatic carbocycles. The minimum atomic E-state index is -0.126. The summed E-state index contributed by atoms with van der Waals surface area (Å²) in [6.07, 6.45) is 1.49. The number of hydrogen-bond donors (Lipinski definition) is 2. The lowest BCUT2D eigenvalue weighted by Gasteiger charge is -2.36. The minimum Gasteiger partial charge on any atom is -0.497 e. The molecular formula is C21H27N5O4. The summed E-state index contributed by atoms with van der Waals surface area (Å²) in [5.41, 5.74) is 0.992. The van der Waals surface area contributed by atoms with Crippen LogP contribution >= 0.6 is 0 Å². The molecule has 0 radical (unpaired) electrons. The van der Waals surface area contributed by atoms with Gasteiger partial charge in [0.15, 0.2) is 11.7 Å². The quantitative estimate of drug-likeness (QED) is 0.540. The van der Waals surface area contributed by atoms with Gasteiger partial charge in [-0.15, -0.1) is 0 Å². The largest absolute Gasteiger partial charge is 0.497 e. The molecular weight excluding hydrogens is 386 g/mol. The number of benzene rings is 1. The number of rotatable bonds is 6. The van der Waals surface area contributed by atoms with E-state index in [1.165, 1.54) is 6.26 Å². The highest BCUT2D eigenvalue weighted by Gasteiger charge is 2.25. The fourth-order valence-electron chi connectivity index (χ4n) is 3.18. The van der Waals surface area contributed by atoms with Crippen LogP contribution in [-0.2, 0) is 11.3 Å². The van der Waals surface area contributed by atoms with E-state index in [1.54, 1.807) is 31.2 Å². The third-order valence-electron chi connectivity index (χ3n) is 4.87. The minimum absolute atomic E-state index is 0.111. The lowest BCUT2D eigenvalue weighted by molar-refractivity contribution is -0.120. The van der Waals surface area contributed by atoms with Crippen molar-refractivity contribution in [2.75, 3.05) is 46.9 Å². The SMILES string of the molecule is CN=C(NCC(=O)NCc1ccc(OC)cc1)N1CCN(C(=O)c2ccco2)CC1. The Kier molecular flexibility index (Phi) is 7.31. The molecule has 1 saturated heterocycles. The molecule has 0 saturated carbocycles. The first-order valence-electron chi connectivity index (χ1n) is 9.78. The molecule has 2 aromatic rings. The Morgan fingerprint density at radius 2 is 1.77 bits per heavy atom. The van der Waals surface area contributed by atoms with Gasteiger partial charge in [0, 0.05) is 39.8 Å². The Balaban J connectivity index is 1.41. The van der Waals surface area contributed by atoms with Crippen LogP contribution in [0.3, 0.4) is 0 Å². The number of furan rings is 1. The lowest BCUT2D eigenvalue weighted by Crippen LogP contribution is -2.54. The monoisotopic (exact) mass is 413 g/mol. The second-order valence-corrected chi connectivity index (χ2v) is 6.78. The van der Waals surface area contributed by atoms with Crippen molar-refractivity contribution < 1.29 is 18.7 Å². The topological polar surface area (TPSA) is 99.4 Å². The Morgan fingerprint density at radius 3 is 2.37 bits per heavy atom. The summed E-state index contributed by atoms with van der Waals surface area (Å²) in [6, 6.07) is 10.9. The highest BCUT2D eigenvalue weighted by atomic mass is 16.5. The molecule has 2 amide bonds. The van der Waals surface area contributed by atoms with E-state index in [0.717, 1.165) is 11.3 Å². The van der Waals surface area contributed by atoms with Crippen molar-refractivity contribution in [2.24, 2.45) is 4.99 Å². The molecule has 2 heterocycles. The third-order valence-corrected chi connectivity index (χ3v) is 4.87.